The van der Waals surface area contributed by atoms with Crippen LogP contribution in [0.4, 0.5) is 0 Å². The van der Waals surface area contributed by atoms with Gasteiger partial charge in [0.2, 0.25) is 0 Å². The normalized spacial score (nSPS) is 31.5. The standard InChI is InChI=1S/C17H24N2O/c1-3-17(4-2)12-13-8-10-19(17)15(16(13)20)11-14-7-5-6-9-18-14/h5-7,9,13,15H,3-4,8,10-12H2,1-2H3. The van der Waals surface area contributed by atoms with Gasteiger partial charge in [-0.25, -0.2) is 0 Å². The van der Waals surface area contributed by atoms with Crippen LogP contribution in [0.2, 0.25) is 0 Å². The topological polar surface area (TPSA) is 33.2 Å². The maximum Gasteiger partial charge on any atom is 0.153 e. The van der Waals surface area contributed by atoms with E-state index in [1.165, 1.54) is 0 Å². The van der Waals surface area contributed by atoms with Gasteiger partial charge in [-0.15, -0.1) is 0 Å². The predicted octanol–water partition coefficient (Wildman–Crippen LogP) is 2.85. The molecule has 3 nitrogen and oxygen atoms in total. The Morgan fingerprint density at radius 3 is 2.80 bits per heavy atom. The fourth-order valence-corrected chi connectivity index (χ4v) is 4.24. The summed E-state index contributed by atoms with van der Waals surface area (Å²) >= 11 is 0. The largest absolute Gasteiger partial charge is 0.298 e. The second kappa shape index (κ2) is 5.28. The lowest BCUT2D eigenvalue weighted by molar-refractivity contribution is -0.150. The van der Waals surface area contributed by atoms with Crippen LogP contribution in [0, 0.1) is 5.92 Å². The molecule has 4 rings (SSSR count). The zero-order valence-corrected chi connectivity index (χ0v) is 12.5. The van der Waals surface area contributed by atoms with Crippen molar-refractivity contribution in [2.75, 3.05) is 6.54 Å². The third kappa shape index (κ3) is 2.08. The summed E-state index contributed by atoms with van der Waals surface area (Å²) in [6.07, 6.45) is 7.01. The van der Waals surface area contributed by atoms with Crippen LogP contribution < -0.4 is 0 Å². The first-order valence-electron chi connectivity index (χ1n) is 7.90. The van der Waals surface area contributed by atoms with E-state index in [0.717, 1.165) is 44.3 Å². The minimum absolute atomic E-state index is 0.0531. The minimum Gasteiger partial charge on any atom is -0.298 e. The molecule has 0 saturated carbocycles. The van der Waals surface area contributed by atoms with Gasteiger partial charge in [-0.2, -0.15) is 0 Å². The molecule has 0 aliphatic carbocycles. The van der Waals surface area contributed by atoms with Crippen LogP contribution in [-0.2, 0) is 11.2 Å². The van der Waals surface area contributed by atoms with Crippen LogP contribution >= 0.6 is 0 Å². The van der Waals surface area contributed by atoms with Crippen molar-refractivity contribution in [1.82, 2.24) is 9.88 Å². The molecule has 2 bridgehead atoms. The van der Waals surface area contributed by atoms with Gasteiger partial charge in [-0.3, -0.25) is 14.7 Å². The molecule has 3 aliphatic rings. The summed E-state index contributed by atoms with van der Waals surface area (Å²) in [4.78, 5) is 19.6. The lowest BCUT2D eigenvalue weighted by Gasteiger charge is -2.57. The van der Waals surface area contributed by atoms with E-state index in [1.54, 1.807) is 0 Å². The molecule has 3 heteroatoms. The first-order chi connectivity index (χ1) is 9.70. The third-order valence-electron chi connectivity index (χ3n) is 5.51. The quantitative estimate of drug-likeness (QED) is 0.845. The number of rotatable bonds is 4. The minimum atomic E-state index is 0.0531. The monoisotopic (exact) mass is 272 g/mol. The van der Waals surface area contributed by atoms with E-state index >= 15 is 0 Å². The van der Waals surface area contributed by atoms with Gasteiger partial charge in [-0.1, -0.05) is 19.9 Å². The van der Waals surface area contributed by atoms with Crippen LogP contribution in [0.1, 0.15) is 45.2 Å². The van der Waals surface area contributed by atoms with Crippen molar-refractivity contribution in [3.63, 3.8) is 0 Å². The van der Waals surface area contributed by atoms with E-state index < -0.39 is 0 Å². The van der Waals surface area contributed by atoms with Crippen molar-refractivity contribution in [3.05, 3.63) is 30.1 Å². The lowest BCUT2D eigenvalue weighted by Crippen LogP contribution is -2.67. The van der Waals surface area contributed by atoms with Crippen LogP contribution in [0.3, 0.4) is 0 Å². The van der Waals surface area contributed by atoms with Crippen molar-refractivity contribution < 1.29 is 4.79 Å². The number of hydrogen-bond donors (Lipinski definition) is 0. The van der Waals surface area contributed by atoms with Crippen LogP contribution in [0.25, 0.3) is 0 Å². The van der Waals surface area contributed by atoms with Gasteiger partial charge in [0.05, 0.1) is 6.04 Å². The number of piperidine rings is 3. The number of pyridine rings is 1. The van der Waals surface area contributed by atoms with E-state index in [2.05, 4.69) is 23.7 Å². The highest BCUT2D eigenvalue weighted by Gasteiger charge is 2.52. The number of ketones is 1. The van der Waals surface area contributed by atoms with E-state index in [0.29, 0.717) is 5.78 Å². The Morgan fingerprint density at radius 1 is 1.35 bits per heavy atom. The Morgan fingerprint density at radius 2 is 2.15 bits per heavy atom. The summed E-state index contributed by atoms with van der Waals surface area (Å²) in [6.45, 7) is 5.62. The Hall–Kier alpha value is -1.22. The number of nitrogens with zero attached hydrogens (tertiary/aromatic N) is 2. The molecule has 3 unspecified atom stereocenters. The fourth-order valence-electron chi connectivity index (χ4n) is 4.24. The van der Waals surface area contributed by atoms with Crippen LogP contribution in [-0.4, -0.2) is 33.8 Å². The molecule has 0 aromatic carbocycles. The summed E-state index contributed by atoms with van der Waals surface area (Å²) in [5, 5.41) is 0. The molecular formula is C17H24N2O. The second-order valence-corrected chi connectivity index (χ2v) is 6.26. The molecule has 1 aromatic rings. The Bertz CT molecular complexity index is 481. The van der Waals surface area contributed by atoms with Crippen molar-refractivity contribution >= 4 is 5.78 Å². The molecule has 0 spiro atoms. The maximum atomic E-state index is 12.6. The molecular weight excluding hydrogens is 248 g/mol. The van der Waals surface area contributed by atoms with Crippen molar-refractivity contribution in [2.45, 2.75) is 57.5 Å². The van der Waals surface area contributed by atoms with Gasteiger partial charge in [0.25, 0.3) is 0 Å². The van der Waals surface area contributed by atoms with E-state index in [4.69, 9.17) is 0 Å². The van der Waals surface area contributed by atoms with Gasteiger partial charge >= 0.3 is 0 Å². The van der Waals surface area contributed by atoms with Gasteiger partial charge < -0.3 is 0 Å². The molecule has 20 heavy (non-hydrogen) atoms. The van der Waals surface area contributed by atoms with Crippen LogP contribution in [0.15, 0.2) is 24.4 Å². The Balaban J connectivity index is 1.88. The second-order valence-electron chi connectivity index (χ2n) is 6.26. The average molecular weight is 272 g/mol. The molecule has 3 aliphatic heterocycles. The molecule has 4 heterocycles. The summed E-state index contributed by atoms with van der Waals surface area (Å²) in [6, 6.07) is 6.03. The SMILES string of the molecule is CCC1(CC)CC2CCN1C(Cc1ccccn1)C2=O. The van der Waals surface area contributed by atoms with Crippen molar-refractivity contribution in [3.8, 4) is 0 Å². The Kier molecular flexibility index (Phi) is 3.63. The Labute approximate surface area is 121 Å². The highest BCUT2D eigenvalue weighted by atomic mass is 16.1. The van der Waals surface area contributed by atoms with E-state index in [-0.39, 0.29) is 17.5 Å². The fraction of sp³-hybridized carbons (Fsp3) is 0.647. The number of Topliss-reactive ketones (excluding diaryl/α,β-unsaturated/α-hetero) is 1. The van der Waals surface area contributed by atoms with Gasteiger partial charge in [-0.05, 0) is 37.8 Å². The summed E-state index contributed by atoms with van der Waals surface area (Å²) in [5.41, 5.74) is 1.29. The average Bonchev–Trinajstić information content (AvgIpc) is 2.51. The molecule has 3 atom stereocenters. The highest BCUT2D eigenvalue weighted by molar-refractivity contribution is 5.88. The number of carbonyl (C=O) groups excluding carboxylic acids is 1. The predicted molar refractivity (Wildman–Crippen MR) is 79.5 cm³/mol. The first kappa shape index (κ1) is 13.7. The summed E-state index contributed by atoms with van der Waals surface area (Å²) in [5.74, 6) is 0.744. The summed E-state index contributed by atoms with van der Waals surface area (Å²) in [7, 11) is 0. The van der Waals surface area contributed by atoms with E-state index in [1.807, 2.05) is 24.4 Å². The smallest absolute Gasteiger partial charge is 0.153 e. The van der Waals surface area contributed by atoms with Gasteiger partial charge in [0.1, 0.15) is 0 Å². The molecule has 3 fully saturated rings. The number of hydrogen-bond acceptors (Lipinski definition) is 3. The molecule has 1 aromatic heterocycles. The van der Waals surface area contributed by atoms with Gasteiger partial charge in [0, 0.05) is 36.3 Å². The molecule has 0 amide bonds. The first-order valence-corrected chi connectivity index (χ1v) is 7.90. The molecule has 0 N–H and O–H groups in total. The van der Waals surface area contributed by atoms with Crippen molar-refractivity contribution in [1.29, 1.82) is 0 Å². The number of fused-ring (bicyclic) bond motifs is 3. The summed E-state index contributed by atoms with van der Waals surface area (Å²) < 4.78 is 0. The van der Waals surface area contributed by atoms with Crippen molar-refractivity contribution in [2.24, 2.45) is 5.92 Å². The van der Waals surface area contributed by atoms with Crippen LogP contribution in [0.5, 0.6) is 0 Å². The number of aromatic nitrogens is 1. The third-order valence-corrected chi connectivity index (χ3v) is 5.51. The molecule has 0 radical (unpaired) electrons. The lowest BCUT2D eigenvalue weighted by atomic mass is 9.68. The zero-order chi connectivity index (χ0) is 14.2. The van der Waals surface area contributed by atoms with E-state index in [9.17, 15) is 4.79 Å². The number of carbonyl (C=O) groups is 1. The molecule has 108 valence electrons. The zero-order valence-electron chi connectivity index (χ0n) is 12.5. The highest BCUT2D eigenvalue weighted by Crippen LogP contribution is 2.44. The van der Waals surface area contributed by atoms with Gasteiger partial charge in [0.15, 0.2) is 5.78 Å². The molecule has 3 saturated heterocycles. The maximum absolute atomic E-state index is 12.6.